The maximum absolute atomic E-state index is 13.3. The Bertz CT molecular complexity index is 985. The molecule has 0 spiro atoms. The van der Waals surface area contributed by atoms with Crippen molar-refractivity contribution in [3.63, 3.8) is 0 Å². The lowest BCUT2D eigenvalue weighted by molar-refractivity contribution is -0.184. The number of carbonyl (C=O) groups is 1. The number of hydrogen-bond acceptors (Lipinski definition) is 6. The number of nitrogens with one attached hydrogen (secondary N) is 2. The van der Waals surface area contributed by atoms with E-state index < -0.39 is 30.0 Å². The molecule has 4 rings (SSSR count). The Morgan fingerprint density at radius 1 is 1.30 bits per heavy atom. The van der Waals surface area contributed by atoms with Gasteiger partial charge in [-0.3, -0.25) is 9.78 Å². The fraction of sp³-hybridized carbons (Fsp3) is 0.400. The van der Waals surface area contributed by atoms with Crippen LogP contribution in [0.3, 0.4) is 0 Å². The normalized spacial score (nSPS) is 23.5. The lowest BCUT2D eigenvalue weighted by Gasteiger charge is -2.35. The smallest absolute Gasteiger partial charge is 0.391 e. The zero-order valence-electron chi connectivity index (χ0n) is 16.0. The van der Waals surface area contributed by atoms with Gasteiger partial charge in [0, 0.05) is 18.8 Å². The van der Waals surface area contributed by atoms with Crippen molar-refractivity contribution in [2.75, 3.05) is 22.9 Å². The van der Waals surface area contributed by atoms with Gasteiger partial charge in [0.1, 0.15) is 5.56 Å². The third-order valence-corrected chi connectivity index (χ3v) is 5.60. The number of rotatable bonds is 3. The van der Waals surface area contributed by atoms with Crippen molar-refractivity contribution in [3.05, 3.63) is 41.4 Å². The highest BCUT2D eigenvalue weighted by atomic mass is 19.4. The monoisotopic (exact) mass is 421 g/mol. The van der Waals surface area contributed by atoms with E-state index in [1.807, 2.05) is 6.08 Å². The maximum Gasteiger partial charge on any atom is 0.391 e. The lowest BCUT2D eigenvalue weighted by atomic mass is 9.75. The van der Waals surface area contributed by atoms with E-state index in [0.717, 1.165) is 0 Å². The van der Waals surface area contributed by atoms with Crippen LogP contribution in [0.25, 0.3) is 6.08 Å². The molecule has 2 aromatic rings. The first-order valence-electron chi connectivity index (χ1n) is 9.64. The van der Waals surface area contributed by atoms with Crippen molar-refractivity contribution >= 4 is 29.2 Å². The van der Waals surface area contributed by atoms with E-state index in [4.69, 9.17) is 15.9 Å². The van der Waals surface area contributed by atoms with Crippen molar-refractivity contribution in [3.8, 4) is 0 Å². The van der Waals surface area contributed by atoms with Gasteiger partial charge < -0.3 is 26.5 Å². The second-order valence-electron chi connectivity index (χ2n) is 7.68. The number of carbonyl (C=O) groups excluding carboxylic acids is 1. The van der Waals surface area contributed by atoms with Crippen molar-refractivity contribution in [2.24, 2.45) is 11.7 Å². The molecule has 160 valence electrons. The van der Waals surface area contributed by atoms with Crippen molar-refractivity contribution in [1.29, 1.82) is 0 Å². The third kappa shape index (κ3) is 3.87. The van der Waals surface area contributed by atoms with Crippen LogP contribution in [0.4, 0.5) is 30.4 Å². The topological polar surface area (TPSA) is 119 Å². The van der Waals surface area contributed by atoms with Gasteiger partial charge in [-0.1, -0.05) is 6.08 Å². The average molecular weight is 421 g/mol. The summed E-state index contributed by atoms with van der Waals surface area (Å²) in [5.41, 5.74) is 13.4. The molecule has 0 radical (unpaired) electrons. The molecule has 10 heteroatoms. The van der Waals surface area contributed by atoms with Crippen LogP contribution in [0.2, 0.25) is 0 Å². The minimum Gasteiger partial charge on any atom is -0.438 e. The highest BCUT2D eigenvalue weighted by Gasteiger charge is 2.44. The summed E-state index contributed by atoms with van der Waals surface area (Å²) in [6.07, 6.45) is 2.37. The van der Waals surface area contributed by atoms with E-state index in [-0.39, 0.29) is 24.3 Å². The highest BCUT2D eigenvalue weighted by molar-refractivity contribution is 6.12. The fourth-order valence-electron chi connectivity index (χ4n) is 4.25. The molecular weight excluding hydrogens is 399 g/mol. The van der Waals surface area contributed by atoms with Gasteiger partial charge >= 0.3 is 6.18 Å². The van der Waals surface area contributed by atoms with Gasteiger partial charge in [-0.15, -0.1) is 0 Å². The first-order chi connectivity index (χ1) is 14.2. The largest absolute Gasteiger partial charge is 0.438 e. The zero-order chi connectivity index (χ0) is 21.5. The number of halogens is 3. The highest BCUT2D eigenvalue weighted by Crippen LogP contribution is 2.45. The molecule has 30 heavy (non-hydrogen) atoms. The molecule has 3 atom stereocenters. The van der Waals surface area contributed by atoms with Crippen LogP contribution in [0.15, 0.2) is 29.0 Å². The van der Waals surface area contributed by atoms with Crippen LogP contribution in [0.5, 0.6) is 0 Å². The number of pyridine rings is 1. The summed E-state index contributed by atoms with van der Waals surface area (Å²) in [5, 5.41) is 5.79. The average Bonchev–Trinajstić information content (AvgIpc) is 3.03. The minimum atomic E-state index is -4.31. The van der Waals surface area contributed by atoms with Gasteiger partial charge in [0.15, 0.2) is 5.76 Å². The summed E-state index contributed by atoms with van der Waals surface area (Å²) in [6, 6.07) is 1.06. The zero-order valence-corrected chi connectivity index (χ0v) is 16.0. The predicted octanol–water partition coefficient (Wildman–Crippen LogP) is 3.72. The molecule has 2 aliphatic rings. The van der Waals surface area contributed by atoms with Crippen LogP contribution in [0, 0.1) is 5.92 Å². The molecule has 1 aliphatic carbocycles. The first kappa shape index (κ1) is 20.3. The molecule has 3 heterocycles. The molecule has 2 aromatic heterocycles. The number of fused-ring (bicyclic) bond motifs is 1. The number of nitrogen functional groups attached to an aromatic ring is 1. The molecule has 7 nitrogen and oxygen atoms in total. The number of alkyl halides is 3. The summed E-state index contributed by atoms with van der Waals surface area (Å²) >= 11 is 0. The summed E-state index contributed by atoms with van der Waals surface area (Å²) in [4.78, 5) is 17.0. The van der Waals surface area contributed by atoms with Crippen LogP contribution in [0.1, 0.15) is 46.9 Å². The van der Waals surface area contributed by atoms with E-state index in [1.54, 1.807) is 12.1 Å². The van der Waals surface area contributed by atoms with E-state index in [0.29, 0.717) is 35.7 Å². The number of nitrogens with zero attached hydrogens (tertiary/aromatic N) is 1. The molecule has 0 aromatic carbocycles. The Hall–Kier alpha value is -3.01. The van der Waals surface area contributed by atoms with Gasteiger partial charge in [0.25, 0.3) is 5.91 Å². The first-order valence-corrected chi connectivity index (χ1v) is 9.64. The number of furan rings is 1. The molecular formula is C20H22F3N5O2. The van der Waals surface area contributed by atoms with Crippen LogP contribution in [-0.2, 0) is 0 Å². The summed E-state index contributed by atoms with van der Waals surface area (Å²) in [5.74, 6) is -2.05. The standard InChI is InChI=1S/C20H22F3N5O2/c21-20(22,23)11-6-10(7-12(24)8-11)13-3-5-26-9-14(13)28-19(29)16-17-15(30-18(16)25)2-1-4-27-17/h1-3,5,9-12,27H,4,6-8,24-25H2,(H,28,29)/t10-,11+,12-/m1/s1. The number of aromatic nitrogens is 1. The van der Waals surface area contributed by atoms with Crippen LogP contribution >= 0.6 is 0 Å². The minimum absolute atomic E-state index is 0.0428. The quantitative estimate of drug-likeness (QED) is 0.600. The van der Waals surface area contributed by atoms with E-state index >= 15 is 0 Å². The molecule has 1 aliphatic heterocycles. The lowest BCUT2D eigenvalue weighted by Crippen LogP contribution is -2.38. The number of amides is 1. The molecule has 0 bridgehead atoms. The Kier molecular flexibility index (Phi) is 5.19. The fourth-order valence-corrected chi connectivity index (χ4v) is 4.25. The molecule has 1 saturated carbocycles. The third-order valence-electron chi connectivity index (χ3n) is 5.60. The van der Waals surface area contributed by atoms with Crippen LogP contribution in [-0.4, -0.2) is 29.7 Å². The molecule has 1 amide bonds. The van der Waals surface area contributed by atoms with Gasteiger partial charge in [0.2, 0.25) is 5.88 Å². The summed E-state index contributed by atoms with van der Waals surface area (Å²) in [7, 11) is 0. The Labute approximate surface area is 170 Å². The SMILES string of the molecule is Nc1oc2c(c1C(=O)Nc1cnccc1[C@H]1C[C@@H](N)C[C@@H](C(F)(F)F)C1)NCC=C2. The molecule has 0 saturated heterocycles. The van der Waals surface area contributed by atoms with Crippen LogP contribution < -0.4 is 22.1 Å². The van der Waals surface area contributed by atoms with Crippen molar-refractivity contribution < 1.29 is 22.4 Å². The Morgan fingerprint density at radius 2 is 2.10 bits per heavy atom. The maximum atomic E-state index is 13.3. The van der Waals surface area contributed by atoms with Gasteiger partial charge in [-0.25, -0.2) is 0 Å². The predicted molar refractivity (Wildman–Crippen MR) is 107 cm³/mol. The molecule has 0 unspecified atom stereocenters. The van der Waals surface area contributed by atoms with E-state index in [9.17, 15) is 18.0 Å². The number of hydrogen-bond donors (Lipinski definition) is 4. The van der Waals surface area contributed by atoms with Crippen molar-refractivity contribution in [1.82, 2.24) is 4.98 Å². The Balaban J connectivity index is 1.61. The van der Waals surface area contributed by atoms with Crippen molar-refractivity contribution in [2.45, 2.75) is 37.4 Å². The molecule has 6 N–H and O–H groups in total. The Morgan fingerprint density at radius 3 is 2.87 bits per heavy atom. The van der Waals surface area contributed by atoms with E-state index in [2.05, 4.69) is 15.6 Å². The van der Waals surface area contributed by atoms with Gasteiger partial charge in [-0.2, -0.15) is 13.2 Å². The second-order valence-corrected chi connectivity index (χ2v) is 7.68. The number of nitrogens with two attached hydrogens (primary N) is 2. The molecule has 1 fully saturated rings. The van der Waals surface area contributed by atoms with Gasteiger partial charge in [-0.05, 0) is 42.9 Å². The van der Waals surface area contributed by atoms with E-state index in [1.165, 1.54) is 12.4 Å². The number of anilines is 3. The second kappa shape index (κ2) is 7.67. The summed E-state index contributed by atoms with van der Waals surface area (Å²) in [6.45, 7) is 0.517. The summed E-state index contributed by atoms with van der Waals surface area (Å²) < 4.78 is 45.4. The van der Waals surface area contributed by atoms with Gasteiger partial charge in [0.05, 0.1) is 23.5 Å².